The number of hydrogen-bond acceptors (Lipinski definition) is 3. The van der Waals surface area contributed by atoms with Crippen molar-refractivity contribution in [1.29, 1.82) is 0 Å². The van der Waals surface area contributed by atoms with E-state index in [1.165, 1.54) is 0 Å². The van der Waals surface area contributed by atoms with Gasteiger partial charge in [-0.3, -0.25) is 0 Å². The molecule has 0 N–H and O–H groups in total. The van der Waals surface area contributed by atoms with Crippen LogP contribution in [0, 0.1) is 0 Å². The lowest BCUT2D eigenvalue weighted by Crippen LogP contribution is -1.84. The van der Waals surface area contributed by atoms with Gasteiger partial charge >= 0.3 is 0 Å². The Morgan fingerprint density at radius 3 is 1.04 bits per heavy atom. The molecule has 3 aromatic heterocycles. The van der Waals surface area contributed by atoms with Crippen LogP contribution in [-0.2, 0) is 0 Å². The SMILES string of the molecule is c1cc(-c2cccc(-c3cccc4c3oc3c(-c5cccc(-c6ccc7oc8ccccc8c7c6)c5)cccc34)c2)cc(-c2ccc3oc4ccccc4c3c2)c1. The maximum absolute atomic E-state index is 6.93. The van der Waals surface area contributed by atoms with Crippen LogP contribution in [0.1, 0.15) is 0 Å². The van der Waals surface area contributed by atoms with Gasteiger partial charge in [0.1, 0.15) is 33.5 Å². The second kappa shape index (κ2) is 12.5. The molecule has 0 fully saturated rings. The van der Waals surface area contributed by atoms with Crippen molar-refractivity contribution in [2.24, 2.45) is 0 Å². The molecular weight excluding hydrogens is 697 g/mol. The summed E-state index contributed by atoms with van der Waals surface area (Å²) in [5, 5.41) is 6.73. The van der Waals surface area contributed by atoms with E-state index in [0.717, 1.165) is 121 Å². The Morgan fingerprint density at radius 2 is 0.561 bits per heavy atom. The first-order valence-electron chi connectivity index (χ1n) is 19.3. The Bertz CT molecular complexity index is 3540. The molecule has 57 heavy (non-hydrogen) atoms. The summed E-state index contributed by atoms with van der Waals surface area (Å²) < 4.78 is 19.1. The molecule has 0 saturated heterocycles. The van der Waals surface area contributed by atoms with Crippen LogP contribution in [0.2, 0.25) is 0 Å². The number of rotatable bonds is 5. The first-order valence-corrected chi connectivity index (χ1v) is 19.3. The normalized spacial score (nSPS) is 11.9. The maximum atomic E-state index is 6.93. The molecule has 12 aromatic rings. The fourth-order valence-corrected chi connectivity index (χ4v) is 8.70. The van der Waals surface area contributed by atoms with Gasteiger partial charge in [0, 0.05) is 43.4 Å². The predicted molar refractivity (Wildman–Crippen MR) is 235 cm³/mol. The summed E-state index contributed by atoms with van der Waals surface area (Å²) in [5.74, 6) is 0. The number of fused-ring (bicyclic) bond motifs is 9. The highest BCUT2D eigenvalue weighted by atomic mass is 16.3. The number of hydrogen-bond donors (Lipinski definition) is 0. The van der Waals surface area contributed by atoms with Gasteiger partial charge in [-0.1, -0.05) is 140 Å². The van der Waals surface area contributed by atoms with Crippen LogP contribution in [0.15, 0.2) is 207 Å². The van der Waals surface area contributed by atoms with Gasteiger partial charge in [-0.2, -0.15) is 0 Å². The van der Waals surface area contributed by atoms with Crippen LogP contribution < -0.4 is 0 Å². The zero-order valence-electron chi connectivity index (χ0n) is 30.7. The topological polar surface area (TPSA) is 39.4 Å². The van der Waals surface area contributed by atoms with Gasteiger partial charge < -0.3 is 13.3 Å². The Hall–Kier alpha value is -7.62. The molecule has 0 bridgehead atoms. The first kappa shape index (κ1) is 31.7. The van der Waals surface area contributed by atoms with E-state index in [1.54, 1.807) is 0 Å². The molecule has 0 spiro atoms. The minimum Gasteiger partial charge on any atom is -0.456 e. The number of furan rings is 3. The van der Waals surface area contributed by atoms with E-state index in [4.69, 9.17) is 13.3 Å². The largest absolute Gasteiger partial charge is 0.456 e. The quantitative estimate of drug-likeness (QED) is 0.177. The lowest BCUT2D eigenvalue weighted by molar-refractivity contribution is 0.668. The van der Waals surface area contributed by atoms with Crippen molar-refractivity contribution in [3.05, 3.63) is 194 Å². The Balaban J connectivity index is 0.920. The molecule has 12 rings (SSSR count). The molecule has 0 aliphatic heterocycles. The van der Waals surface area contributed by atoms with E-state index in [9.17, 15) is 0 Å². The Labute approximate surface area is 327 Å². The van der Waals surface area contributed by atoms with Crippen molar-refractivity contribution < 1.29 is 13.3 Å². The van der Waals surface area contributed by atoms with Gasteiger partial charge in [0.15, 0.2) is 0 Å². The third kappa shape index (κ3) is 5.13. The smallest absolute Gasteiger partial charge is 0.143 e. The molecule has 3 heterocycles. The van der Waals surface area contributed by atoms with Gasteiger partial charge in [0.2, 0.25) is 0 Å². The monoisotopic (exact) mass is 728 g/mol. The predicted octanol–water partition coefficient (Wildman–Crippen LogP) is 15.7. The lowest BCUT2D eigenvalue weighted by atomic mass is 9.95. The van der Waals surface area contributed by atoms with Gasteiger partial charge in [0.05, 0.1) is 0 Å². The number of benzene rings is 9. The van der Waals surface area contributed by atoms with Crippen LogP contribution in [0.3, 0.4) is 0 Å². The zero-order valence-corrected chi connectivity index (χ0v) is 30.7. The first-order chi connectivity index (χ1) is 28.2. The molecular formula is C54H32O3. The van der Waals surface area contributed by atoms with Gasteiger partial charge in [-0.25, -0.2) is 0 Å². The van der Waals surface area contributed by atoms with Crippen molar-refractivity contribution in [1.82, 2.24) is 0 Å². The molecule has 0 saturated carbocycles. The van der Waals surface area contributed by atoms with Crippen LogP contribution in [0.4, 0.5) is 0 Å². The van der Waals surface area contributed by atoms with Crippen LogP contribution in [-0.4, -0.2) is 0 Å². The fourth-order valence-electron chi connectivity index (χ4n) is 8.70. The van der Waals surface area contributed by atoms with Gasteiger partial charge in [0.25, 0.3) is 0 Å². The molecule has 0 atom stereocenters. The van der Waals surface area contributed by atoms with Crippen molar-refractivity contribution in [3.8, 4) is 55.6 Å². The minimum atomic E-state index is 0.889. The third-order valence-corrected chi connectivity index (χ3v) is 11.5. The van der Waals surface area contributed by atoms with E-state index in [-0.39, 0.29) is 0 Å². The molecule has 3 heteroatoms. The highest BCUT2D eigenvalue weighted by Crippen LogP contribution is 2.42. The highest BCUT2D eigenvalue weighted by molar-refractivity contribution is 6.13. The molecule has 0 amide bonds. The van der Waals surface area contributed by atoms with E-state index >= 15 is 0 Å². The van der Waals surface area contributed by atoms with Crippen LogP contribution in [0.5, 0.6) is 0 Å². The molecule has 0 aliphatic carbocycles. The van der Waals surface area contributed by atoms with Crippen molar-refractivity contribution in [2.75, 3.05) is 0 Å². The average molecular weight is 729 g/mol. The molecule has 9 aromatic carbocycles. The summed E-state index contributed by atoms with van der Waals surface area (Å²) in [6.45, 7) is 0. The highest BCUT2D eigenvalue weighted by Gasteiger charge is 2.17. The van der Waals surface area contributed by atoms with Crippen molar-refractivity contribution in [3.63, 3.8) is 0 Å². The van der Waals surface area contributed by atoms with E-state index < -0.39 is 0 Å². The number of para-hydroxylation sites is 4. The Morgan fingerprint density at radius 1 is 0.211 bits per heavy atom. The second-order valence-corrected chi connectivity index (χ2v) is 14.8. The zero-order chi connectivity index (χ0) is 37.5. The minimum absolute atomic E-state index is 0.889. The summed E-state index contributed by atoms with van der Waals surface area (Å²) in [7, 11) is 0. The molecule has 0 aliphatic rings. The molecule has 0 radical (unpaired) electrons. The lowest BCUT2D eigenvalue weighted by Gasteiger charge is -2.09. The summed E-state index contributed by atoms with van der Waals surface area (Å²) in [4.78, 5) is 0. The van der Waals surface area contributed by atoms with Crippen LogP contribution >= 0.6 is 0 Å². The third-order valence-electron chi connectivity index (χ3n) is 11.5. The Kier molecular flexibility index (Phi) is 6.93. The fraction of sp³-hybridized carbons (Fsp3) is 0. The van der Waals surface area contributed by atoms with Crippen molar-refractivity contribution in [2.45, 2.75) is 0 Å². The second-order valence-electron chi connectivity index (χ2n) is 14.8. The van der Waals surface area contributed by atoms with Gasteiger partial charge in [-0.05, 0) is 99.1 Å². The average Bonchev–Trinajstić information content (AvgIpc) is 3.97. The summed E-state index contributed by atoms with van der Waals surface area (Å²) in [6.07, 6.45) is 0. The molecule has 0 unspecified atom stereocenters. The van der Waals surface area contributed by atoms with Crippen molar-refractivity contribution >= 4 is 65.8 Å². The van der Waals surface area contributed by atoms with Gasteiger partial charge in [-0.15, -0.1) is 0 Å². The van der Waals surface area contributed by atoms with Crippen LogP contribution in [0.25, 0.3) is 121 Å². The summed E-state index contributed by atoms with van der Waals surface area (Å²) in [6, 6.07) is 68.6. The maximum Gasteiger partial charge on any atom is 0.143 e. The molecule has 266 valence electrons. The summed E-state index contributed by atoms with van der Waals surface area (Å²) in [5.41, 5.74) is 16.7. The van der Waals surface area contributed by atoms with E-state index in [0.29, 0.717) is 0 Å². The summed E-state index contributed by atoms with van der Waals surface area (Å²) >= 11 is 0. The van der Waals surface area contributed by atoms with E-state index in [2.05, 4.69) is 170 Å². The molecule has 3 nitrogen and oxygen atoms in total. The standard InChI is InChI=1S/C54H32O3/c1-3-22-49-43(16-1)47-31-37(24-26-51(47)55-49)34-11-5-10-33(28-34)35-12-6-14-39(29-35)41-18-8-20-45-46-21-9-19-42(54(46)57-53(41)45)40-15-7-13-36(30-40)38-25-27-52-48(32-38)44-17-2-4-23-50(44)56-52/h1-32H. The van der Waals surface area contributed by atoms with E-state index in [1.807, 2.05) is 24.3 Å².